The predicted octanol–water partition coefficient (Wildman–Crippen LogP) is 6.37. The third kappa shape index (κ3) is 4.58. The lowest BCUT2D eigenvalue weighted by Gasteiger charge is -2.04. The Kier molecular flexibility index (Phi) is 5.81. The van der Waals surface area contributed by atoms with E-state index in [4.69, 9.17) is 0 Å². The van der Waals surface area contributed by atoms with E-state index < -0.39 is 11.6 Å². The molecule has 3 aromatic rings. The number of aryl methyl sites for hydroxylation is 1. The smallest absolute Gasteiger partial charge is 0.160 e. The Morgan fingerprint density at radius 3 is 1.88 bits per heavy atom. The third-order valence-electron chi connectivity index (χ3n) is 4.26. The molecule has 0 fully saturated rings. The summed E-state index contributed by atoms with van der Waals surface area (Å²) >= 11 is 0. The number of hydrogen-bond acceptors (Lipinski definition) is 0. The maximum absolute atomic E-state index is 13.2. The lowest BCUT2D eigenvalue weighted by Crippen LogP contribution is -1.86. The first-order chi connectivity index (χ1) is 12.7. The minimum Gasteiger partial charge on any atom is -0.204 e. The number of halogens is 2. The van der Waals surface area contributed by atoms with Gasteiger partial charge >= 0.3 is 0 Å². The molecule has 0 radical (unpaired) electrons. The molecule has 0 unspecified atom stereocenters. The summed E-state index contributed by atoms with van der Waals surface area (Å²) in [6.07, 6.45) is 3.54. The molecule has 3 aromatic carbocycles. The summed E-state index contributed by atoms with van der Waals surface area (Å²) in [7, 11) is 0. The van der Waals surface area contributed by atoms with Gasteiger partial charge in [0.1, 0.15) is 0 Å². The molecular weight excluding hydrogens is 326 g/mol. The van der Waals surface area contributed by atoms with Crippen LogP contribution in [0.3, 0.4) is 0 Å². The van der Waals surface area contributed by atoms with Gasteiger partial charge in [-0.15, -0.1) is 0 Å². The van der Waals surface area contributed by atoms with E-state index in [2.05, 4.69) is 43.0 Å². The van der Waals surface area contributed by atoms with Crippen LogP contribution in [0.2, 0.25) is 0 Å². The summed E-state index contributed by atoms with van der Waals surface area (Å²) in [5.74, 6) is 4.10. The van der Waals surface area contributed by atoms with Gasteiger partial charge in [-0.05, 0) is 59.9 Å². The Balaban J connectivity index is 1.72. The van der Waals surface area contributed by atoms with E-state index in [0.29, 0.717) is 5.56 Å². The fourth-order valence-electron chi connectivity index (χ4n) is 2.71. The van der Waals surface area contributed by atoms with Crippen LogP contribution in [0.15, 0.2) is 66.7 Å². The Bertz CT molecular complexity index is 927. The van der Waals surface area contributed by atoms with Gasteiger partial charge in [0.15, 0.2) is 11.6 Å². The molecule has 26 heavy (non-hydrogen) atoms. The monoisotopic (exact) mass is 346 g/mol. The maximum atomic E-state index is 13.2. The molecule has 0 aromatic heterocycles. The Morgan fingerprint density at radius 2 is 1.27 bits per heavy atom. The standard InChI is InChI=1S/C24H20F2/c1-2-3-4-18-7-12-21(13-8-18)22-14-9-19(10-15-22)5-6-20-11-16-23(25)24(26)17-20/h7-17H,2-4H2,1H3. The van der Waals surface area contributed by atoms with Crippen LogP contribution >= 0.6 is 0 Å². The molecule has 2 heteroatoms. The lowest BCUT2D eigenvalue weighted by molar-refractivity contribution is 0.508. The van der Waals surface area contributed by atoms with Crippen LogP contribution in [-0.4, -0.2) is 0 Å². The van der Waals surface area contributed by atoms with Crippen molar-refractivity contribution in [1.82, 2.24) is 0 Å². The van der Waals surface area contributed by atoms with Gasteiger partial charge in [-0.2, -0.15) is 0 Å². The molecular formula is C24H20F2. The largest absolute Gasteiger partial charge is 0.204 e. The zero-order chi connectivity index (χ0) is 18.4. The minimum absolute atomic E-state index is 0.454. The summed E-state index contributed by atoms with van der Waals surface area (Å²) in [5, 5.41) is 0. The van der Waals surface area contributed by atoms with Crippen LogP contribution in [0.4, 0.5) is 8.78 Å². The molecule has 0 heterocycles. The molecule has 0 saturated carbocycles. The number of rotatable bonds is 4. The highest BCUT2D eigenvalue weighted by atomic mass is 19.2. The van der Waals surface area contributed by atoms with E-state index in [1.165, 1.54) is 30.0 Å². The Hall–Kier alpha value is -2.92. The average Bonchev–Trinajstić information content (AvgIpc) is 2.68. The van der Waals surface area contributed by atoms with Gasteiger partial charge in [-0.1, -0.05) is 61.6 Å². The molecule has 0 atom stereocenters. The topological polar surface area (TPSA) is 0 Å². The van der Waals surface area contributed by atoms with Crippen molar-refractivity contribution < 1.29 is 8.78 Å². The summed E-state index contributed by atoms with van der Waals surface area (Å²) in [4.78, 5) is 0. The fourth-order valence-corrected chi connectivity index (χ4v) is 2.71. The molecule has 0 spiro atoms. The fraction of sp³-hybridized carbons (Fsp3) is 0.167. The van der Waals surface area contributed by atoms with Crippen LogP contribution in [0.5, 0.6) is 0 Å². The second-order valence-electron chi connectivity index (χ2n) is 6.26. The quantitative estimate of drug-likeness (QED) is 0.481. The zero-order valence-corrected chi connectivity index (χ0v) is 14.7. The number of hydrogen-bond donors (Lipinski definition) is 0. The van der Waals surface area contributed by atoms with Crippen molar-refractivity contribution in [3.63, 3.8) is 0 Å². The van der Waals surface area contributed by atoms with Gasteiger partial charge in [-0.25, -0.2) is 8.78 Å². The van der Waals surface area contributed by atoms with Crippen LogP contribution in [0.1, 0.15) is 36.5 Å². The highest BCUT2D eigenvalue weighted by Crippen LogP contribution is 2.21. The third-order valence-corrected chi connectivity index (χ3v) is 4.26. The van der Waals surface area contributed by atoms with Gasteiger partial charge in [-0.3, -0.25) is 0 Å². The van der Waals surface area contributed by atoms with Gasteiger partial charge in [0.2, 0.25) is 0 Å². The van der Waals surface area contributed by atoms with E-state index in [9.17, 15) is 8.78 Å². The molecule has 0 nitrogen and oxygen atoms in total. The summed E-state index contributed by atoms with van der Waals surface area (Å²) in [6.45, 7) is 2.20. The van der Waals surface area contributed by atoms with Crippen LogP contribution in [0, 0.1) is 23.5 Å². The van der Waals surface area contributed by atoms with Crippen molar-refractivity contribution in [2.75, 3.05) is 0 Å². The SMILES string of the molecule is CCCCc1ccc(-c2ccc(C#Cc3ccc(F)c(F)c3)cc2)cc1. The van der Waals surface area contributed by atoms with Gasteiger partial charge in [0.25, 0.3) is 0 Å². The highest BCUT2D eigenvalue weighted by Gasteiger charge is 2.01. The van der Waals surface area contributed by atoms with Crippen LogP contribution < -0.4 is 0 Å². The molecule has 0 amide bonds. The van der Waals surface area contributed by atoms with Gasteiger partial charge < -0.3 is 0 Å². The Labute approximate surface area is 153 Å². The molecule has 130 valence electrons. The minimum atomic E-state index is -0.880. The molecule has 0 aliphatic rings. The second kappa shape index (κ2) is 8.45. The molecule has 0 aliphatic carbocycles. The van der Waals surface area contributed by atoms with E-state index in [1.807, 2.05) is 24.3 Å². The summed E-state index contributed by atoms with van der Waals surface area (Å²) < 4.78 is 26.1. The zero-order valence-electron chi connectivity index (χ0n) is 14.7. The summed E-state index contributed by atoms with van der Waals surface area (Å²) in [6, 6.07) is 20.2. The first-order valence-electron chi connectivity index (χ1n) is 8.82. The van der Waals surface area contributed by atoms with Gasteiger partial charge in [0.05, 0.1) is 0 Å². The van der Waals surface area contributed by atoms with E-state index in [1.54, 1.807) is 0 Å². The number of benzene rings is 3. The van der Waals surface area contributed by atoms with E-state index in [-0.39, 0.29) is 0 Å². The summed E-state index contributed by atoms with van der Waals surface area (Å²) in [5.41, 5.74) is 4.95. The average molecular weight is 346 g/mol. The number of unbranched alkanes of at least 4 members (excludes halogenated alkanes) is 1. The molecule has 0 aliphatic heterocycles. The van der Waals surface area contributed by atoms with Gasteiger partial charge in [0, 0.05) is 11.1 Å². The Morgan fingerprint density at radius 1 is 0.692 bits per heavy atom. The predicted molar refractivity (Wildman–Crippen MR) is 103 cm³/mol. The normalized spacial score (nSPS) is 10.3. The maximum Gasteiger partial charge on any atom is 0.160 e. The lowest BCUT2D eigenvalue weighted by atomic mass is 10.0. The second-order valence-corrected chi connectivity index (χ2v) is 6.26. The molecule has 0 N–H and O–H groups in total. The van der Waals surface area contributed by atoms with Crippen molar-refractivity contribution in [1.29, 1.82) is 0 Å². The van der Waals surface area contributed by atoms with Crippen molar-refractivity contribution in [3.05, 3.63) is 95.1 Å². The first-order valence-corrected chi connectivity index (χ1v) is 8.82. The first kappa shape index (κ1) is 17.9. The van der Waals surface area contributed by atoms with Crippen LogP contribution in [-0.2, 0) is 6.42 Å². The van der Waals surface area contributed by atoms with Crippen molar-refractivity contribution in [2.45, 2.75) is 26.2 Å². The van der Waals surface area contributed by atoms with E-state index in [0.717, 1.165) is 29.7 Å². The van der Waals surface area contributed by atoms with Crippen LogP contribution in [0.25, 0.3) is 11.1 Å². The van der Waals surface area contributed by atoms with Crippen molar-refractivity contribution in [2.24, 2.45) is 0 Å². The molecule has 0 bridgehead atoms. The molecule has 3 rings (SSSR count). The van der Waals surface area contributed by atoms with Crippen molar-refractivity contribution >= 4 is 0 Å². The molecule has 0 saturated heterocycles. The highest BCUT2D eigenvalue weighted by molar-refractivity contribution is 5.64. The van der Waals surface area contributed by atoms with Crippen molar-refractivity contribution in [3.8, 4) is 23.0 Å². The van der Waals surface area contributed by atoms with E-state index >= 15 is 0 Å².